The highest BCUT2D eigenvalue weighted by Crippen LogP contribution is 2.22. The number of hydrogen-bond acceptors (Lipinski definition) is 3. The second kappa shape index (κ2) is 9.01. The molecule has 0 aromatic heterocycles. The lowest BCUT2D eigenvalue weighted by molar-refractivity contribution is -0.137. The lowest BCUT2D eigenvalue weighted by Gasteiger charge is -2.12. The van der Waals surface area contributed by atoms with Gasteiger partial charge in [0.1, 0.15) is 0 Å². The molecule has 0 saturated carbocycles. The Bertz CT molecular complexity index is 819. The number of nitrogens with one attached hydrogen (secondary N) is 2. The van der Waals surface area contributed by atoms with Gasteiger partial charge < -0.3 is 15.7 Å². The number of carboxylic acids is 1. The van der Waals surface area contributed by atoms with Crippen molar-refractivity contribution in [3.8, 4) is 0 Å². The fourth-order valence-corrected chi connectivity index (χ4v) is 2.38. The number of aliphatic carboxylic acids is 1. The van der Waals surface area contributed by atoms with Crippen LogP contribution in [0.1, 0.15) is 35.2 Å². The molecule has 2 amide bonds. The van der Waals surface area contributed by atoms with E-state index in [1.54, 1.807) is 42.5 Å². The van der Waals surface area contributed by atoms with Crippen molar-refractivity contribution in [2.45, 2.75) is 26.2 Å². The molecular weight excluding hydrogens is 356 g/mol. The number of halogens is 1. The number of rotatable bonds is 7. The second-order valence-electron chi connectivity index (χ2n) is 5.79. The van der Waals surface area contributed by atoms with Crippen molar-refractivity contribution >= 4 is 40.8 Å². The van der Waals surface area contributed by atoms with E-state index in [0.717, 1.165) is 5.56 Å². The van der Waals surface area contributed by atoms with E-state index in [0.29, 0.717) is 22.0 Å². The number of anilines is 2. The lowest BCUT2D eigenvalue weighted by atomic mass is 10.1. The standard InChI is InChI=1S/C19H19ClN2O4/c1-12-5-10-15(21-17(23)3-2-4-18(24)25)11-16(12)22-19(26)13-6-8-14(20)9-7-13/h5-11H,2-4H2,1H3,(H,21,23)(H,22,26)(H,24,25). The minimum atomic E-state index is -0.930. The molecule has 0 spiro atoms. The molecule has 2 aromatic rings. The highest BCUT2D eigenvalue weighted by molar-refractivity contribution is 6.30. The van der Waals surface area contributed by atoms with Crippen LogP contribution in [-0.4, -0.2) is 22.9 Å². The largest absolute Gasteiger partial charge is 0.481 e. The number of amides is 2. The van der Waals surface area contributed by atoms with Crippen molar-refractivity contribution in [2.75, 3.05) is 10.6 Å². The zero-order valence-electron chi connectivity index (χ0n) is 14.2. The van der Waals surface area contributed by atoms with Gasteiger partial charge >= 0.3 is 5.97 Å². The van der Waals surface area contributed by atoms with Gasteiger partial charge in [-0.2, -0.15) is 0 Å². The Hall–Kier alpha value is -2.86. The normalized spacial score (nSPS) is 10.2. The number of hydrogen-bond donors (Lipinski definition) is 3. The molecule has 0 bridgehead atoms. The third kappa shape index (κ3) is 5.89. The zero-order chi connectivity index (χ0) is 19.1. The fraction of sp³-hybridized carbons (Fsp3) is 0.211. The molecule has 26 heavy (non-hydrogen) atoms. The summed E-state index contributed by atoms with van der Waals surface area (Å²) in [6.07, 6.45) is 0.337. The Balaban J connectivity index is 2.02. The highest BCUT2D eigenvalue weighted by Gasteiger charge is 2.10. The molecule has 0 aliphatic carbocycles. The SMILES string of the molecule is Cc1ccc(NC(=O)CCCC(=O)O)cc1NC(=O)c1ccc(Cl)cc1. The van der Waals surface area contributed by atoms with Crippen LogP contribution in [-0.2, 0) is 9.59 Å². The molecule has 0 atom stereocenters. The predicted octanol–water partition coefficient (Wildman–Crippen LogP) is 4.09. The lowest BCUT2D eigenvalue weighted by Crippen LogP contribution is -2.14. The van der Waals surface area contributed by atoms with Gasteiger partial charge in [-0.25, -0.2) is 0 Å². The zero-order valence-corrected chi connectivity index (χ0v) is 15.0. The van der Waals surface area contributed by atoms with E-state index in [1.807, 2.05) is 6.92 Å². The average molecular weight is 375 g/mol. The van der Waals surface area contributed by atoms with Crippen LogP contribution >= 0.6 is 11.6 Å². The first kappa shape index (κ1) is 19.5. The van der Waals surface area contributed by atoms with Crippen LogP contribution < -0.4 is 10.6 Å². The van der Waals surface area contributed by atoms with Crippen molar-refractivity contribution in [3.05, 3.63) is 58.6 Å². The van der Waals surface area contributed by atoms with E-state index < -0.39 is 5.97 Å². The highest BCUT2D eigenvalue weighted by atomic mass is 35.5. The maximum atomic E-state index is 12.3. The van der Waals surface area contributed by atoms with Gasteiger partial charge in [0.15, 0.2) is 0 Å². The first-order valence-electron chi connectivity index (χ1n) is 8.04. The summed E-state index contributed by atoms with van der Waals surface area (Å²) >= 11 is 5.82. The van der Waals surface area contributed by atoms with Gasteiger partial charge in [-0.1, -0.05) is 17.7 Å². The number of carbonyl (C=O) groups excluding carboxylic acids is 2. The van der Waals surface area contributed by atoms with Gasteiger partial charge in [0.25, 0.3) is 5.91 Å². The van der Waals surface area contributed by atoms with Gasteiger partial charge in [-0.15, -0.1) is 0 Å². The first-order valence-corrected chi connectivity index (χ1v) is 8.42. The topological polar surface area (TPSA) is 95.5 Å². The average Bonchev–Trinajstić information content (AvgIpc) is 2.58. The molecule has 2 aromatic carbocycles. The maximum Gasteiger partial charge on any atom is 0.303 e. The minimum Gasteiger partial charge on any atom is -0.481 e. The van der Waals surface area contributed by atoms with Crippen molar-refractivity contribution in [1.82, 2.24) is 0 Å². The van der Waals surface area contributed by atoms with Crippen LogP contribution in [0.3, 0.4) is 0 Å². The van der Waals surface area contributed by atoms with Crippen molar-refractivity contribution < 1.29 is 19.5 Å². The number of carbonyl (C=O) groups is 3. The number of benzene rings is 2. The molecule has 6 nitrogen and oxygen atoms in total. The molecular formula is C19H19ClN2O4. The van der Waals surface area contributed by atoms with Crippen LogP contribution in [0.15, 0.2) is 42.5 Å². The molecule has 136 valence electrons. The van der Waals surface area contributed by atoms with Gasteiger partial charge in [0, 0.05) is 34.8 Å². The molecule has 3 N–H and O–H groups in total. The molecule has 0 saturated heterocycles. The van der Waals surface area contributed by atoms with Crippen LogP contribution in [0.5, 0.6) is 0 Å². The molecule has 2 rings (SSSR count). The van der Waals surface area contributed by atoms with E-state index in [4.69, 9.17) is 16.7 Å². The van der Waals surface area contributed by atoms with Crippen molar-refractivity contribution in [2.24, 2.45) is 0 Å². The maximum absolute atomic E-state index is 12.3. The fourth-order valence-electron chi connectivity index (χ4n) is 2.25. The Morgan fingerprint density at radius 3 is 2.35 bits per heavy atom. The van der Waals surface area contributed by atoms with E-state index >= 15 is 0 Å². The van der Waals surface area contributed by atoms with E-state index in [9.17, 15) is 14.4 Å². The number of carboxylic acid groups (broad SMARTS) is 1. The summed E-state index contributed by atoms with van der Waals surface area (Å²) in [4.78, 5) is 34.7. The van der Waals surface area contributed by atoms with Gasteiger partial charge in [-0.05, 0) is 55.3 Å². The van der Waals surface area contributed by atoms with Crippen LogP contribution in [0.2, 0.25) is 5.02 Å². The van der Waals surface area contributed by atoms with Gasteiger partial charge in [0.2, 0.25) is 5.91 Å². The molecule has 0 fully saturated rings. The summed E-state index contributed by atoms with van der Waals surface area (Å²) in [5.41, 5.74) is 2.42. The van der Waals surface area contributed by atoms with E-state index in [1.165, 1.54) is 0 Å². The predicted molar refractivity (Wildman–Crippen MR) is 101 cm³/mol. The molecule has 0 heterocycles. The Morgan fingerprint density at radius 2 is 1.69 bits per heavy atom. The third-order valence-corrected chi connectivity index (χ3v) is 3.92. The van der Waals surface area contributed by atoms with E-state index in [2.05, 4.69) is 10.6 Å². The summed E-state index contributed by atoms with van der Waals surface area (Å²) in [6.45, 7) is 1.84. The first-order chi connectivity index (χ1) is 12.3. The Morgan fingerprint density at radius 1 is 1.00 bits per heavy atom. The quantitative estimate of drug-likeness (QED) is 0.680. The van der Waals surface area contributed by atoms with Gasteiger partial charge in [0.05, 0.1) is 0 Å². The third-order valence-electron chi connectivity index (χ3n) is 3.67. The van der Waals surface area contributed by atoms with Crippen LogP contribution in [0.25, 0.3) is 0 Å². The summed E-state index contributed by atoms with van der Waals surface area (Å²) < 4.78 is 0. The molecule has 7 heteroatoms. The summed E-state index contributed by atoms with van der Waals surface area (Å²) in [7, 11) is 0. The van der Waals surface area contributed by atoms with E-state index in [-0.39, 0.29) is 31.1 Å². The summed E-state index contributed by atoms with van der Waals surface area (Å²) in [5.74, 6) is -1.49. The minimum absolute atomic E-state index is 0.0519. The Kier molecular flexibility index (Phi) is 6.74. The molecule has 0 aliphatic rings. The number of aryl methyl sites for hydroxylation is 1. The summed E-state index contributed by atoms with van der Waals surface area (Å²) in [6, 6.07) is 11.7. The van der Waals surface area contributed by atoms with Crippen molar-refractivity contribution in [3.63, 3.8) is 0 Å². The Labute approximate surface area is 156 Å². The van der Waals surface area contributed by atoms with Crippen LogP contribution in [0.4, 0.5) is 11.4 Å². The molecule has 0 unspecified atom stereocenters. The van der Waals surface area contributed by atoms with Gasteiger partial charge in [-0.3, -0.25) is 14.4 Å². The molecule has 0 radical (unpaired) electrons. The van der Waals surface area contributed by atoms with Crippen molar-refractivity contribution in [1.29, 1.82) is 0 Å². The summed E-state index contributed by atoms with van der Waals surface area (Å²) in [5, 5.41) is 14.7. The second-order valence-corrected chi connectivity index (χ2v) is 6.22. The van der Waals surface area contributed by atoms with Crippen LogP contribution in [0, 0.1) is 6.92 Å². The smallest absolute Gasteiger partial charge is 0.303 e. The molecule has 0 aliphatic heterocycles. The monoisotopic (exact) mass is 374 g/mol.